The molecule has 0 aliphatic heterocycles. The summed E-state index contributed by atoms with van der Waals surface area (Å²) in [5, 5.41) is 0. The Balaban J connectivity index is 2.69. The zero-order chi connectivity index (χ0) is 8.97. The highest BCUT2D eigenvalue weighted by Crippen LogP contribution is 2.17. The SMILES string of the molecule is CSCCc1ccc(Br)c(F)c1. The molecule has 0 amide bonds. The molecule has 0 heterocycles. The summed E-state index contributed by atoms with van der Waals surface area (Å²) >= 11 is 4.89. The minimum atomic E-state index is -0.173. The predicted octanol–water partition coefficient (Wildman–Crippen LogP) is 3.49. The minimum Gasteiger partial charge on any atom is -0.206 e. The second-order valence-electron chi connectivity index (χ2n) is 2.49. The Hall–Kier alpha value is -0.0200. The lowest BCUT2D eigenvalue weighted by Gasteiger charge is -2.00. The molecule has 12 heavy (non-hydrogen) atoms. The number of hydrogen-bond donors (Lipinski definition) is 0. The Morgan fingerprint density at radius 3 is 2.83 bits per heavy atom. The number of hydrogen-bond acceptors (Lipinski definition) is 1. The van der Waals surface area contributed by atoms with Gasteiger partial charge in [-0.2, -0.15) is 11.8 Å². The molecular formula is C9H10BrFS. The molecule has 0 aliphatic rings. The molecule has 0 radical (unpaired) electrons. The molecule has 0 aromatic heterocycles. The van der Waals surface area contributed by atoms with Gasteiger partial charge in [-0.05, 0) is 52.1 Å². The maximum Gasteiger partial charge on any atom is 0.137 e. The fourth-order valence-electron chi connectivity index (χ4n) is 0.915. The van der Waals surface area contributed by atoms with Gasteiger partial charge in [-0.15, -0.1) is 0 Å². The second kappa shape index (κ2) is 4.87. The van der Waals surface area contributed by atoms with E-state index in [1.165, 1.54) is 0 Å². The summed E-state index contributed by atoms with van der Waals surface area (Å²) < 4.78 is 13.5. The van der Waals surface area contributed by atoms with Crippen LogP contribution in [0.1, 0.15) is 5.56 Å². The summed E-state index contributed by atoms with van der Waals surface area (Å²) in [6.07, 6.45) is 2.99. The largest absolute Gasteiger partial charge is 0.206 e. The van der Waals surface area contributed by atoms with Crippen LogP contribution in [0.3, 0.4) is 0 Å². The standard InChI is InChI=1S/C9H10BrFS/c1-12-5-4-7-2-3-8(10)9(11)6-7/h2-3,6H,4-5H2,1H3. The third-order valence-corrected chi connectivity index (χ3v) is 2.83. The molecule has 0 bridgehead atoms. The lowest BCUT2D eigenvalue weighted by atomic mass is 10.2. The highest BCUT2D eigenvalue weighted by molar-refractivity contribution is 9.10. The fraction of sp³-hybridized carbons (Fsp3) is 0.333. The van der Waals surface area contributed by atoms with E-state index >= 15 is 0 Å². The number of aryl methyl sites for hydroxylation is 1. The van der Waals surface area contributed by atoms with Crippen molar-refractivity contribution in [2.75, 3.05) is 12.0 Å². The Kier molecular flexibility index (Phi) is 4.09. The van der Waals surface area contributed by atoms with E-state index in [2.05, 4.69) is 22.2 Å². The summed E-state index contributed by atoms with van der Waals surface area (Å²) in [6, 6.07) is 5.29. The average Bonchev–Trinajstić information content (AvgIpc) is 2.07. The number of rotatable bonds is 3. The number of thioether (sulfide) groups is 1. The van der Waals surface area contributed by atoms with Crippen molar-refractivity contribution in [2.45, 2.75) is 6.42 Å². The molecule has 0 saturated carbocycles. The van der Waals surface area contributed by atoms with Gasteiger partial charge in [0.05, 0.1) is 4.47 Å². The molecule has 0 atom stereocenters. The van der Waals surface area contributed by atoms with Gasteiger partial charge in [0, 0.05) is 0 Å². The van der Waals surface area contributed by atoms with Crippen molar-refractivity contribution in [1.82, 2.24) is 0 Å². The molecule has 0 saturated heterocycles. The van der Waals surface area contributed by atoms with Crippen molar-refractivity contribution in [1.29, 1.82) is 0 Å². The van der Waals surface area contributed by atoms with Crippen LogP contribution in [0, 0.1) is 5.82 Å². The first-order valence-corrected chi connectivity index (χ1v) is 5.85. The summed E-state index contributed by atoms with van der Waals surface area (Å²) in [5.74, 6) is 0.870. The molecule has 1 aromatic rings. The Labute approximate surface area is 84.7 Å². The lowest BCUT2D eigenvalue weighted by molar-refractivity contribution is 0.619. The van der Waals surface area contributed by atoms with Crippen LogP contribution in [0.15, 0.2) is 22.7 Å². The Morgan fingerprint density at radius 1 is 1.50 bits per heavy atom. The molecule has 0 fully saturated rings. The van der Waals surface area contributed by atoms with Crippen LogP contribution in [0.2, 0.25) is 0 Å². The van der Waals surface area contributed by atoms with Gasteiger partial charge in [0.2, 0.25) is 0 Å². The van der Waals surface area contributed by atoms with E-state index in [0.717, 1.165) is 17.7 Å². The summed E-state index contributed by atoms with van der Waals surface area (Å²) in [5.41, 5.74) is 1.06. The van der Waals surface area contributed by atoms with Crippen LogP contribution in [0.5, 0.6) is 0 Å². The third-order valence-electron chi connectivity index (χ3n) is 1.58. The third kappa shape index (κ3) is 2.79. The van der Waals surface area contributed by atoms with Gasteiger partial charge >= 0.3 is 0 Å². The molecule has 1 rings (SSSR count). The van der Waals surface area contributed by atoms with E-state index in [1.54, 1.807) is 23.9 Å². The van der Waals surface area contributed by atoms with Gasteiger partial charge in [-0.1, -0.05) is 6.07 Å². The van der Waals surface area contributed by atoms with Crippen LogP contribution in [-0.4, -0.2) is 12.0 Å². The van der Waals surface area contributed by atoms with E-state index in [0.29, 0.717) is 4.47 Å². The Morgan fingerprint density at radius 2 is 2.25 bits per heavy atom. The van der Waals surface area contributed by atoms with Gasteiger partial charge in [0.1, 0.15) is 5.82 Å². The van der Waals surface area contributed by atoms with Crippen molar-refractivity contribution in [3.63, 3.8) is 0 Å². The first kappa shape index (κ1) is 10.1. The molecule has 0 spiro atoms. The van der Waals surface area contributed by atoms with E-state index in [-0.39, 0.29) is 5.82 Å². The van der Waals surface area contributed by atoms with E-state index in [4.69, 9.17) is 0 Å². The highest BCUT2D eigenvalue weighted by Gasteiger charge is 1.99. The van der Waals surface area contributed by atoms with Gasteiger partial charge in [-0.25, -0.2) is 4.39 Å². The minimum absolute atomic E-state index is 0.173. The predicted molar refractivity (Wildman–Crippen MR) is 56.2 cm³/mol. The van der Waals surface area contributed by atoms with Crippen molar-refractivity contribution in [2.24, 2.45) is 0 Å². The second-order valence-corrected chi connectivity index (χ2v) is 4.33. The van der Waals surface area contributed by atoms with Crippen molar-refractivity contribution in [3.05, 3.63) is 34.1 Å². The van der Waals surface area contributed by atoms with E-state index < -0.39 is 0 Å². The zero-order valence-corrected chi connectivity index (χ0v) is 9.21. The molecule has 0 N–H and O–H groups in total. The molecular weight excluding hydrogens is 239 g/mol. The summed E-state index contributed by atoms with van der Waals surface area (Å²) in [4.78, 5) is 0. The van der Waals surface area contributed by atoms with E-state index in [9.17, 15) is 4.39 Å². The topological polar surface area (TPSA) is 0 Å². The normalized spacial score (nSPS) is 10.2. The van der Waals surface area contributed by atoms with Crippen molar-refractivity contribution < 1.29 is 4.39 Å². The average molecular weight is 249 g/mol. The smallest absolute Gasteiger partial charge is 0.137 e. The van der Waals surface area contributed by atoms with Crippen LogP contribution in [0.4, 0.5) is 4.39 Å². The molecule has 66 valence electrons. The van der Waals surface area contributed by atoms with E-state index in [1.807, 2.05) is 6.07 Å². The molecule has 0 nitrogen and oxygen atoms in total. The monoisotopic (exact) mass is 248 g/mol. The maximum atomic E-state index is 13.0. The van der Waals surface area contributed by atoms with Crippen LogP contribution >= 0.6 is 27.7 Å². The molecule has 1 aromatic carbocycles. The summed E-state index contributed by atoms with van der Waals surface area (Å²) in [7, 11) is 0. The number of halogens is 2. The maximum absolute atomic E-state index is 13.0. The molecule has 3 heteroatoms. The van der Waals surface area contributed by atoms with Gasteiger partial charge in [0.15, 0.2) is 0 Å². The van der Waals surface area contributed by atoms with Crippen LogP contribution < -0.4 is 0 Å². The Bertz CT molecular complexity index is 263. The first-order chi connectivity index (χ1) is 5.74. The first-order valence-electron chi connectivity index (χ1n) is 3.67. The van der Waals surface area contributed by atoms with Crippen molar-refractivity contribution in [3.8, 4) is 0 Å². The van der Waals surface area contributed by atoms with Crippen molar-refractivity contribution >= 4 is 27.7 Å². The van der Waals surface area contributed by atoms with Gasteiger partial charge in [-0.3, -0.25) is 0 Å². The summed E-state index contributed by atoms with van der Waals surface area (Å²) in [6.45, 7) is 0. The lowest BCUT2D eigenvalue weighted by Crippen LogP contribution is -1.89. The molecule has 0 unspecified atom stereocenters. The van der Waals surface area contributed by atoms with Crippen LogP contribution in [0.25, 0.3) is 0 Å². The van der Waals surface area contributed by atoms with Crippen LogP contribution in [-0.2, 0) is 6.42 Å². The quantitative estimate of drug-likeness (QED) is 0.790. The van der Waals surface area contributed by atoms with Gasteiger partial charge in [0.25, 0.3) is 0 Å². The zero-order valence-electron chi connectivity index (χ0n) is 6.81. The fourth-order valence-corrected chi connectivity index (χ4v) is 1.60. The highest BCUT2D eigenvalue weighted by atomic mass is 79.9. The number of benzene rings is 1. The molecule has 0 aliphatic carbocycles. The van der Waals surface area contributed by atoms with Gasteiger partial charge < -0.3 is 0 Å².